The van der Waals surface area contributed by atoms with Crippen molar-refractivity contribution in [2.75, 3.05) is 18.0 Å². The zero-order valence-electron chi connectivity index (χ0n) is 14.1. The molecule has 3 heterocycles. The van der Waals surface area contributed by atoms with Gasteiger partial charge in [-0.1, -0.05) is 6.07 Å². The number of carbonyl (C=O) groups is 1. The van der Waals surface area contributed by atoms with E-state index in [2.05, 4.69) is 30.7 Å². The van der Waals surface area contributed by atoms with Crippen LogP contribution in [0.3, 0.4) is 0 Å². The second-order valence-electron chi connectivity index (χ2n) is 6.07. The summed E-state index contributed by atoms with van der Waals surface area (Å²) in [5.74, 6) is 1.72. The molecule has 0 aliphatic carbocycles. The molecule has 8 heteroatoms. The van der Waals surface area contributed by atoms with Gasteiger partial charge in [-0.25, -0.2) is 9.78 Å². The molecular formula is C16H23N7O. The summed E-state index contributed by atoms with van der Waals surface area (Å²) in [5, 5.41) is 13.5. The molecule has 0 aromatic carbocycles. The van der Waals surface area contributed by atoms with E-state index in [1.165, 1.54) is 12.8 Å². The maximum Gasteiger partial charge on any atom is 0.315 e. The number of carbonyl (C=O) groups excluding carboxylic acids is 1. The Hall–Kier alpha value is -2.64. The van der Waals surface area contributed by atoms with Crippen molar-refractivity contribution in [3.05, 3.63) is 36.0 Å². The van der Waals surface area contributed by atoms with Gasteiger partial charge in [0.2, 0.25) is 0 Å². The number of rotatable bonds is 5. The molecule has 1 aliphatic heterocycles. The number of nitrogens with one attached hydrogen (secondary N) is 2. The number of pyridine rings is 1. The highest BCUT2D eigenvalue weighted by molar-refractivity contribution is 5.74. The lowest BCUT2D eigenvalue weighted by molar-refractivity contribution is 0.237. The number of aryl methyl sites for hydroxylation is 1. The Labute approximate surface area is 141 Å². The summed E-state index contributed by atoms with van der Waals surface area (Å²) in [4.78, 5) is 18.8. The molecule has 2 N–H and O–H groups in total. The van der Waals surface area contributed by atoms with Gasteiger partial charge in [-0.15, -0.1) is 10.2 Å². The average molecular weight is 329 g/mol. The Kier molecular flexibility index (Phi) is 4.93. The summed E-state index contributed by atoms with van der Waals surface area (Å²) in [6.45, 7) is 4.46. The van der Waals surface area contributed by atoms with Crippen molar-refractivity contribution in [3.63, 3.8) is 0 Å². The van der Waals surface area contributed by atoms with Crippen LogP contribution in [-0.2, 0) is 13.6 Å². The molecular weight excluding hydrogens is 306 g/mol. The zero-order chi connectivity index (χ0) is 16.9. The molecule has 0 saturated carbocycles. The summed E-state index contributed by atoms with van der Waals surface area (Å²) < 4.78 is 1.78. The van der Waals surface area contributed by atoms with Crippen LogP contribution in [0.15, 0.2) is 24.7 Å². The van der Waals surface area contributed by atoms with Crippen LogP contribution >= 0.6 is 0 Å². The van der Waals surface area contributed by atoms with Crippen molar-refractivity contribution in [1.82, 2.24) is 30.4 Å². The average Bonchev–Trinajstić information content (AvgIpc) is 3.25. The zero-order valence-corrected chi connectivity index (χ0v) is 14.1. The predicted octanol–water partition coefficient (Wildman–Crippen LogP) is 1.37. The summed E-state index contributed by atoms with van der Waals surface area (Å²) >= 11 is 0. The van der Waals surface area contributed by atoms with Gasteiger partial charge in [0.25, 0.3) is 0 Å². The Morgan fingerprint density at radius 2 is 2.12 bits per heavy atom. The lowest BCUT2D eigenvalue weighted by Gasteiger charge is -2.16. The number of aromatic nitrogens is 4. The van der Waals surface area contributed by atoms with E-state index in [0.717, 1.165) is 24.5 Å². The SMILES string of the molecule is CC(NC(=O)NCc1ccc(N2CCCC2)nc1)c1nncn1C. The van der Waals surface area contributed by atoms with Crippen molar-refractivity contribution in [2.24, 2.45) is 7.05 Å². The normalized spacial score (nSPS) is 15.3. The van der Waals surface area contributed by atoms with E-state index in [4.69, 9.17) is 0 Å². The Bertz CT molecular complexity index is 676. The van der Waals surface area contributed by atoms with Gasteiger partial charge >= 0.3 is 6.03 Å². The van der Waals surface area contributed by atoms with Gasteiger partial charge in [0.15, 0.2) is 5.82 Å². The molecule has 1 fully saturated rings. The van der Waals surface area contributed by atoms with Crippen molar-refractivity contribution < 1.29 is 4.79 Å². The Balaban J connectivity index is 1.48. The second-order valence-corrected chi connectivity index (χ2v) is 6.07. The minimum Gasteiger partial charge on any atom is -0.357 e. The molecule has 2 aromatic heterocycles. The first-order chi connectivity index (χ1) is 11.6. The summed E-state index contributed by atoms with van der Waals surface area (Å²) in [6, 6.07) is 3.57. The smallest absolute Gasteiger partial charge is 0.315 e. The molecule has 2 aromatic rings. The summed E-state index contributed by atoms with van der Waals surface area (Å²) in [6.07, 6.45) is 5.89. The van der Waals surface area contributed by atoms with Crippen LogP contribution in [0, 0.1) is 0 Å². The molecule has 8 nitrogen and oxygen atoms in total. The van der Waals surface area contributed by atoms with Gasteiger partial charge in [0, 0.05) is 32.9 Å². The number of amides is 2. The van der Waals surface area contributed by atoms with Crippen molar-refractivity contribution in [1.29, 1.82) is 0 Å². The molecule has 24 heavy (non-hydrogen) atoms. The number of nitrogens with zero attached hydrogens (tertiary/aromatic N) is 5. The summed E-state index contributed by atoms with van der Waals surface area (Å²) in [7, 11) is 1.85. The Morgan fingerprint density at radius 3 is 2.75 bits per heavy atom. The van der Waals surface area contributed by atoms with Crippen LogP contribution in [0.2, 0.25) is 0 Å². The molecule has 2 amide bonds. The standard InChI is InChI=1S/C16H23N7O/c1-12(15-21-19-11-22(15)2)20-16(24)18-10-13-5-6-14(17-9-13)23-7-3-4-8-23/h5-6,9,11-12H,3-4,7-8,10H2,1-2H3,(H2,18,20,24). The number of anilines is 1. The molecule has 0 radical (unpaired) electrons. The highest BCUT2D eigenvalue weighted by Crippen LogP contribution is 2.17. The van der Waals surface area contributed by atoms with Crippen LogP contribution in [0.1, 0.15) is 37.2 Å². The first-order valence-electron chi connectivity index (χ1n) is 8.21. The molecule has 1 unspecified atom stereocenters. The molecule has 1 atom stereocenters. The monoisotopic (exact) mass is 329 g/mol. The number of hydrogen-bond acceptors (Lipinski definition) is 5. The fourth-order valence-corrected chi connectivity index (χ4v) is 2.83. The summed E-state index contributed by atoms with van der Waals surface area (Å²) in [5.41, 5.74) is 0.972. The first kappa shape index (κ1) is 16.2. The third kappa shape index (κ3) is 3.81. The van der Waals surface area contributed by atoms with Crippen LogP contribution in [0.4, 0.5) is 10.6 Å². The molecule has 1 saturated heterocycles. The topological polar surface area (TPSA) is 88.0 Å². The molecule has 128 valence electrons. The lowest BCUT2D eigenvalue weighted by atomic mass is 10.2. The van der Waals surface area contributed by atoms with Gasteiger partial charge in [0.05, 0.1) is 6.04 Å². The Morgan fingerprint density at radius 1 is 1.33 bits per heavy atom. The predicted molar refractivity (Wildman–Crippen MR) is 90.5 cm³/mol. The minimum absolute atomic E-state index is 0.215. The quantitative estimate of drug-likeness (QED) is 0.865. The number of urea groups is 1. The fraction of sp³-hybridized carbons (Fsp3) is 0.500. The highest BCUT2D eigenvalue weighted by atomic mass is 16.2. The van der Waals surface area contributed by atoms with Gasteiger partial charge in [-0.05, 0) is 31.4 Å². The molecule has 0 spiro atoms. The molecule has 0 bridgehead atoms. The van der Waals surface area contributed by atoms with Crippen molar-refractivity contribution in [2.45, 2.75) is 32.4 Å². The van der Waals surface area contributed by atoms with Crippen molar-refractivity contribution >= 4 is 11.8 Å². The van der Waals surface area contributed by atoms with Crippen LogP contribution in [-0.4, -0.2) is 38.9 Å². The van der Waals surface area contributed by atoms with Gasteiger partial charge in [0.1, 0.15) is 12.1 Å². The van der Waals surface area contributed by atoms with E-state index in [-0.39, 0.29) is 12.1 Å². The third-order valence-corrected chi connectivity index (χ3v) is 4.17. The fourth-order valence-electron chi connectivity index (χ4n) is 2.83. The minimum atomic E-state index is -0.242. The molecule has 1 aliphatic rings. The molecule has 3 rings (SSSR count). The number of hydrogen-bond donors (Lipinski definition) is 2. The third-order valence-electron chi connectivity index (χ3n) is 4.17. The lowest BCUT2D eigenvalue weighted by Crippen LogP contribution is -2.37. The highest BCUT2D eigenvalue weighted by Gasteiger charge is 2.15. The maximum absolute atomic E-state index is 12.0. The first-order valence-corrected chi connectivity index (χ1v) is 8.21. The van der Waals surface area contributed by atoms with E-state index in [9.17, 15) is 4.79 Å². The maximum atomic E-state index is 12.0. The van der Waals surface area contributed by atoms with Crippen LogP contribution in [0.5, 0.6) is 0 Å². The van der Waals surface area contributed by atoms with Gasteiger partial charge in [-0.3, -0.25) is 0 Å². The van der Waals surface area contributed by atoms with Crippen LogP contribution < -0.4 is 15.5 Å². The van der Waals surface area contributed by atoms with Gasteiger partial charge in [-0.2, -0.15) is 0 Å². The largest absolute Gasteiger partial charge is 0.357 e. The van der Waals surface area contributed by atoms with E-state index in [1.807, 2.05) is 32.3 Å². The van der Waals surface area contributed by atoms with Crippen LogP contribution in [0.25, 0.3) is 0 Å². The van der Waals surface area contributed by atoms with Crippen molar-refractivity contribution in [3.8, 4) is 0 Å². The second kappa shape index (κ2) is 7.29. The van der Waals surface area contributed by atoms with E-state index in [0.29, 0.717) is 12.4 Å². The van der Waals surface area contributed by atoms with E-state index < -0.39 is 0 Å². The van der Waals surface area contributed by atoms with E-state index in [1.54, 1.807) is 10.9 Å². The van der Waals surface area contributed by atoms with Gasteiger partial charge < -0.3 is 20.1 Å². The van der Waals surface area contributed by atoms with E-state index >= 15 is 0 Å².